The van der Waals surface area contributed by atoms with E-state index in [-0.39, 0.29) is 0 Å². The first-order valence-electron chi connectivity index (χ1n) is 6.00. The molecule has 1 fully saturated rings. The minimum Gasteiger partial charge on any atom is -0.374 e. The van der Waals surface area contributed by atoms with Crippen LogP contribution in [0.25, 0.3) is 0 Å². The van der Waals surface area contributed by atoms with Crippen LogP contribution in [0.5, 0.6) is 0 Å². The van der Waals surface area contributed by atoms with Gasteiger partial charge in [0.15, 0.2) is 0 Å². The zero-order chi connectivity index (χ0) is 11.4. The van der Waals surface area contributed by atoms with Gasteiger partial charge in [-0.1, -0.05) is 6.92 Å². The summed E-state index contributed by atoms with van der Waals surface area (Å²) < 4.78 is 7.94. The molecule has 0 aromatic carbocycles. The number of morpholine rings is 1. The normalized spacial score (nSPS) is 22.5. The van der Waals surface area contributed by atoms with Gasteiger partial charge in [-0.05, 0) is 18.2 Å². The molecular weight excluding hydrogens is 202 g/mol. The van der Waals surface area contributed by atoms with Crippen LogP contribution in [0.15, 0.2) is 18.5 Å². The maximum atomic E-state index is 5.76. The molecule has 1 atom stereocenters. The molecular formula is C12H21N3O. The van der Waals surface area contributed by atoms with E-state index in [2.05, 4.69) is 34.9 Å². The van der Waals surface area contributed by atoms with E-state index in [1.807, 2.05) is 0 Å². The molecule has 90 valence electrons. The van der Waals surface area contributed by atoms with Crippen LogP contribution in [0.1, 0.15) is 12.5 Å². The molecule has 1 unspecified atom stereocenters. The highest BCUT2D eigenvalue weighted by molar-refractivity contribution is 5.09. The van der Waals surface area contributed by atoms with Crippen molar-refractivity contribution >= 4 is 0 Å². The molecule has 4 nitrogen and oxygen atoms in total. The average molecular weight is 223 g/mol. The van der Waals surface area contributed by atoms with E-state index in [0.717, 1.165) is 32.8 Å². The van der Waals surface area contributed by atoms with E-state index in [1.165, 1.54) is 5.56 Å². The Morgan fingerprint density at radius 2 is 2.44 bits per heavy atom. The van der Waals surface area contributed by atoms with Crippen LogP contribution in [0.2, 0.25) is 0 Å². The van der Waals surface area contributed by atoms with Gasteiger partial charge in [0.05, 0.1) is 12.7 Å². The van der Waals surface area contributed by atoms with Crippen LogP contribution < -0.4 is 5.73 Å². The molecule has 1 saturated heterocycles. The maximum Gasteiger partial charge on any atom is 0.0880 e. The predicted octanol–water partition coefficient (Wildman–Crippen LogP) is 0.667. The average Bonchev–Trinajstić information content (AvgIpc) is 2.77. The van der Waals surface area contributed by atoms with Crippen LogP contribution in [0.4, 0.5) is 0 Å². The van der Waals surface area contributed by atoms with E-state index in [0.29, 0.717) is 12.6 Å². The Morgan fingerprint density at radius 3 is 3.12 bits per heavy atom. The number of ether oxygens (including phenoxy) is 1. The molecule has 1 aromatic heterocycles. The van der Waals surface area contributed by atoms with Crippen LogP contribution in [0.3, 0.4) is 0 Å². The van der Waals surface area contributed by atoms with E-state index in [1.54, 1.807) is 0 Å². The predicted molar refractivity (Wildman–Crippen MR) is 64.2 cm³/mol. The smallest absolute Gasteiger partial charge is 0.0880 e. The van der Waals surface area contributed by atoms with Crippen molar-refractivity contribution in [3.63, 3.8) is 0 Å². The lowest BCUT2D eigenvalue weighted by Crippen LogP contribution is -2.43. The minimum absolute atomic E-state index is 0.312. The van der Waals surface area contributed by atoms with Crippen molar-refractivity contribution in [2.24, 2.45) is 5.73 Å². The van der Waals surface area contributed by atoms with E-state index in [9.17, 15) is 0 Å². The van der Waals surface area contributed by atoms with Crippen molar-refractivity contribution in [2.45, 2.75) is 26.1 Å². The van der Waals surface area contributed by atoms with Crippen LogP contribution in [-0.2, 0) is 17.8 Å². The van der Waals surface area contributed by atoms with Gasteiger partial charge in [-0.3, -0.25) is 4.90 Å². The summed E-state index contributed by atoms with van der Waals surface area (Å²) in [5.74, 6) is 0. The first kappa shape index (κ1) is 11.6. The molecule has 16 heavy (non-hydrogen) atoms. The molecule has 1 aromatic rings. The summed E-state index contributed by atoms with van der Waals surface area (Å²) >= 11 is 0. The molecule has 2 heterocycles. The summed E-state index contributed by atoms with van der Waals surface area (Å²) in [6.07, 6.45) is 4.50. The molecule has 0 bridgehead atoms. The molecule has 0 spiro atoms. The van der Waals surface area contributed by atoms with E-state index >= 15 is 0 Å². The topological polar surface area (TPSA) is 43.4 Å². The third-order valence-electron chi connectivity index (χ3n) is 3.13. The SMILES string of the molecule is CCN1CCOC(Cn2ccc(CN)c2)C1. The fraction of sp³-hybridized carbons (Fsp3) is 0.667. The quantitative estimate of drug-likeness (QED) is 0.816. The molecule has 0 amide bonds. The zero-order valence-electron chi connectivity index (χ0n) is 9.93. The maximum absolute atomic E-state index is 5.76. The summed E-state index contributed by atoms with van der Waals surface area (Å²) in [4.78, 5) is 2.43. The third kappa shape index (κ3) is 2.84. The second kappa shape index (κ2) is 5.48. The van der Waals surface area contributed by atoms with Gasteiger partial charge in [-0.25, -0.2) is 0 Å². The van der Waals surface area contributed by atoms with Gasteiger partial charge in [-0.15, -0.1) is 0 Å². The highest BCUT2D eigenvalue weighted by atomic mass is 16.5. The van der Waals surface area contributed by atoms with Crippen LogP contribution >= 0.6 is 0 Å². The van der Waals surface area contributed by atoms with Crippen LogP contribution in [0, 0.1) is 0 Å². The number of nitrogens with zero attached hydrogens (tertiary/aromatic N) is 2. The number of hydrogen-bond acceptors (Lipinski definition) is 3. The van der Waals surface area contributed by atoms with Gasteiger partial charge >= 0.3 is 0 Å². The van der Waals surface area contributed by atoms with Crippen molar-refractivity contribution in [3.05, 3.63) is 24.0 Å². The van der Waals surface area contributed by atoms with Crippen molar-refractivity contribution < 1.29 is 4.74 Å². The van der Waals surface area contributed by atoms with Gasteiger partial charge < -0.3 is 15.0 Å². The minimum atomic E-state index is 0.312. The Kier molecular flexibility index (Phi) is 3.98. The number of aromatic nitrogens is 1. The Balaban J connectivity index is 1.88. The second-order valence-electron chi connectivity index (χ2n) is 4.31. The molecule has 2 rings (SSSR count). The van der Waals surface area contributed by atoms with Gasteiger partial charge in [0.25, 0.3) is 0 Å². The summed E-state index contributed by atoms with van der Waals surface area (Å²) in [6.45, 7) is 7.79. The van der Waals surface area contributed by atoms with Crippen LogP contribution in [-0.4, -0.2) is 41.8 Å². The van der Waals surface area contributed by atoms with Gasteiger partial charge in [0, 0.05) is 38.6 Å². The number of likely N-dealkylation sites (N-methyl/N-ethyl adjacent to an activating group) is 1. The van der Waals surface area contributed by atoms with E-state index in [4.69, 9.17) is 10.5 Å². The lowest BCUT2D eigenvalue weighted by atomic mass is 10.2. The largest absolute Gasteiger partial charge is 0.374 e. The number of hydrogen-bond donors (Lipinski definition) is 1. The Morgan fingerprint density at radius 1 is 1.56 bits per heavy atom. The van der Waals surface area contributed by atoms with E-state index < -0.39 is 0 Å². The summed E-state index contributed by atoms with van der Waals surface area (Å²) in [5, 5.41) is 0. The Labute approximate surface area is 97.0 Å². The highest BCUT2D eigenvalue weighted by Crippen LogP contribution is 2.09. The lowest BCUT2D eigenvalue weighted by Gasteiger charge is -2.32. The monoisotopic (exact) mass is 223 g/mol. The van der Waals surface area contributed by atoms with Crippen molar-refractivity contribution in [1.29, 1.82) is 0 Å². The molecule has 4 heteroatoms. The highest BCUT2D eigenvalue weighted by Gasteiger charge is 2.19. The zero-order valence-corrected chi connectivity index (χ0v) is 9.93. The molecule has 0 radical (unpaired) electrons. The standard InChI is InChI=1S/C12H21N3O/c1-2-14-5-6-16-12(9-14)10-15-4-3-11(7-13)8-15/h3-4,8,12H,2,5-7,9-10,13H2,1H3. The first-order chi connectivity index (χ1) is 7.81. The molecule has 1 aliphatic rings. The van der Waals surface area contributed by atoms with Gasteiger partial charge in [0.1, 0.15) is 0 Å². The fourth-order valence-electron chi connectivity index (χ4n) is 2.14. The van der Waals surface area contributed by atoms with Crippen molar-refractivity contribution in [2.75, 3.05) is 26.2 Å². The molecule has 2 N–H and O–H groups in total. The Bertz CT molecular complexity index is 324. The fourth-order valence-corrected chi connectivity index (χ4v) is 2.14. The van der Waals surface area contributed by atoms with Crippen molar-refractivity contribution in [3.8, 4) is 0 Å². The number of nitrogens with two attached hydrogens (primary N) is 1. The third-order valence-corrected chi connectivity index (χ3v) is 3.13. The Hall–Kier alpha value is -0.840. The number of rotatable bonds is 4. The van der Waals surface area contributed by atoms with Crippen molar-refractivity contribution in [1.82, 2.24) is 9.47 Å². The summed E-state index contributed by atoms with van der Waals surface area (Å²) in [6, 6.07) is 2.07. The summed E-state index contributed by atoms with van der Waals surface area (Å²) in [5.41, 5.74) is 6.77. The lowest BCUT2D eigenvalue weighted by molar-refractivity contribution is -0.0342. The summed E-state index contributed by atoms with van der Waals surface area (Å²) in [7, 11) is 0. The first-order valence-corrected chi connectivity index (χ1v) is 6.00. The molecule has 1 aliphatic heterocycles. The van der Waals surface area contributed by atoms with Gasteiger partial charge in [-0.2, -0.15) is 0 Å². The molecule has 0 aliphatic carbocycles. The second-order valence-corrected chi connectivity index (χ2v) is 4.31. The molecule has 0 saturated carbocycles. The van der Waals surface area contributed by atoms with Gasteiger partial charge in [0.2, 0.25) is 0 Å².